The van der Waals surface area contributed by atoms with Gasteiger partial charge in [0.15, 0.2) is 0 Å². The fourth-order valence-electron chi connectivity index (χ4n) is 2.20. The monoisotopic (exact) mass is 275 g/mol. The van der Waals surface area contributed by atoms with Gasteiger partial charge in [0.1, 0.15) is 6.10 Å². The van der Waals surface area contributed by atoms with E-state index in [9.17, 15) is 0 Å². The highest BCUT2D eigenvalue weighted by molar-refractivity contribution is 5.57. The third-order valence-electron chi connectivity index (χ3n) is 3.33. The summed E-state index contributed by atoms with van der Waals surface area (Å²) in [5, 5.41) is 4.01. The van der Waals surface area contributed by atoms with Crippen LogP contribution in [-0.4, -0.2) is 46.3 Å². The Balaban J connectivity index is 1.80. The fourth-order valence-corrected chi connectivity index (χ4v) is 2.20. The Bertz CT molecular complexity index is 586. The molecule has 0 bridgehead atoms. The molecule has 2 N–H and O–H groups in total. The highest BCUT2D eigenvalue weighted by Crippen LogP contribution is 2.23. The number of hydrogen-bond donors (Lipinski definition) is 1. The second-order valence-electron chi connectivity index (χ2n) is 4.72. The highest BCUT2D eigenvalue weighted by Gasteiger charge is 2.25. The first kappa shape index (κ1) is 13.0. The minimum absolute atomic E-state index is 0.143. The summed E-state index contributed by atoms with van der Waals surface area (Å²) in [6.07, 6.45) is 3.08. The van der Waals surface area contributed by atoms with Crippen LogP contribution in [0, 0.1) is 0 Å². The van der Waals surface area contributed by atoms with E-state index in [1.54, 1.807) is 18.5 Å². The van der Waals surface area contributed by atoms with Gasteiger partial charge in [-0.25, -0.2) is 0 Å². The van der Waals surface area contributed by atoms with Gasteiger partial charge in [-0.3, -0.25) is 9.88 Å². The molecule has 1 saturated heterocycles. The molecule has 0 amide bonds. The van der Waals surface area contributed by atoms with E-state index >= 15 is 0 Å². The zero-order chi connectivity index (χ0) is 13.9. The Morgan fingerprint density at radius 1 is 1.45 bits per heavy atom. The second kappa shape index (κ2) is 5.56. The van der Waals surface area contributed by atoms with Crippen LogP contribution in [-0.2, 0) is 4.74 Å². The lowest BCUT2D eigenvalue weighted by atomic mass is 10.2. The van der Waals surface area contributed by atoms with Crippen LogP contribution in [0.2, 0.25) is 0 Å². The summed E-state index contributed by atoms with van der Waals surface area (Å²) >= 11 is 0. The van der Waals surface area contributed by atoms with E-state index in [0.29, 0.717) is 29.6 Å². The molecule has 20 heavy (non-hydrogen) atoms. The number of nitrogens with zero attached hydrogens (tertiary/aromatic N) is 4. The maximum atomic E-state index is 5.70. The number of aromatic nitrogens is 3. The maximum Gasteiger partial charge on any atom is 0.259 e. The zero-order valence-corrected chi connectivity index (χ0v) is 11.3. The SMILES string of the molecule is CCN1CCOC(c2noc(-c3cncc(N)c3)n2)C1. The van der Waals surface area contributed by atoms with Crippen LogP contribution < -0.4 is 5.73 Å². The van der Waals surface area contributed by atoms with Crippen LogP contribution in [0.4, 0.5) is 5.69 Å². The summed E-state index contributed by atoms with van der Waals surface area (Å²) in [6, 6.07) is 1.75. The van der Waals surface area contributed by atoms with Crippen molar-refractivity contribution >= 4 is 5.69 Å². The molecule has 0 saturated carbocycles. The number of pyridine rings is 1. The Morgan fingerprint density at radius 2 is 2.35 bits per heavy atom. The number of hydrogen-bond acceptors (Lipinski definition) is 7. The number of morpholine rings is 1. The van der Waals surface area contributed by atoms with Crippen molar-refractivity contribution in [3.8, 4) is 11.5 Å². The molecule has 0 radical (unpaired) electrons. The van der Waals surface area contributed by atoms with Crippen molar-refractivity contribution in [2.75, 3.05) is 32.0 Å². The van der Waals surface area contributed by atoms with E-state index in [-0.39, 0.29) is 6.10 Å². The molecular weight excluding hydrogens is 258 g/mol. The van der Waals surface area contributed by atoms with Crippen LogP contribution >= 0.6 is 0 Å². The fraction of sp³-hybridized carbons (Fsp3) is 0.462. The third-order valence-corrected chi connectivity index (χ3v) is 3.33. The van der Waals surface area contributed by atoms with Crippen molar-refractivity contribution in [3.63, 3.8) is 0 Å². The van der Waals surface area contributed by atoms with Gasteiger partial charge in [0.2, 0.25) is 5.82 Å². The van der Waals surface area contributed by atoms with Gasteiger partial charge in [0.05, 0.1) is 17.9 Å². The van der Waals surface area contributed by atoms with E-state index in [1.807, 2.05) is 0 Å². The predicted octanol–water partition coefficient (Wildman–Crippen LogP) is 1.11. The molecule has 2 aromatic heterocycles. The molecule has 0 aliphatic carbocycles. The van der Waals surface area contributed by atoms with Gasteiger partial charge < -0.3 is 15.0 Å². The predicted molar refractivity (Wildman–Crippen MR) is 72.7 cm³/mol. The number of nitrogen functional groups attached to an aromatic ring is 1. The maximum absolute atomic E-state index is 5.70. The number of likely N-dealkylation sites (N-methyl/N-ethyl adjacent to an activating group) is 1. The van der Waals surface area contributed by atoms with E-state index in [2.05, 4.69) is 26.9 Å². The molecule has 0 aromatic carbocycles. The van der Waals surface area contributed by atoms with Crippen molar-refractivity contribution in [1.82, 2.24) is 20.0 Å². The molecule has 1 fully saturated rings. The molecule has 0 spiro atoms. The Kier molecular flexibility index (Phi) is 3.62. The first-order valence-corrected chi connectivity index (χ1v) is 6.64. The van der Waals surface area contributed by atoms with Crippen molar-refractivity contribution in [1.29, 1.82) is 0 Å². The normalized spacial score (nSPS) is 20.1. The minimum atomic E-state index is -0.143. The lowest BCUT2D eigenvalue weighted by Crippen LogP contribution is -2.38. The van der Waals surface area contributed by atoms with Crippen molar-refractivity contribution in [2.24, 2.45) is 0 Å². The molecule has 7 nitrogen and oxygen atoms in total. The lowest BCUT2D eigenvalue weighted by Gasteiger charge is -2.30. The molecule has 7 heteroatoms. The van der Waals surface area contributed by atoms with Crippen molar-refractivity contribution in [2.45, 2.75) is 13.0 Å². The standard InChI is InChI=1S/C13H17N5O2/c1-2-18-3-4-19-11(8-18)12-16-13(20-17-12)9-5-10(14)7-15-6-9/h5-7,11H,2-4,8,14H2,1H3. The molecule has 1 unspecified atom stereocenters. The Hall–Kier alpha value is -1.99. The third kappa shape index (κ3) is 2.63. The Morgan fingerprint density at radius 3 is 3.15 bits per heavy atom. The van der Waals surface area contributed by atoms with Crippen LogP contribution in [0.5, 0.6) is 0 Å². The quantitative estimate of drug-likeness (QED) is 0.897. The first-order chi connectivity index (χ1) is 9.76. The van der Waals surface area contributed by atoms with Gasteiger partial charge >= 0.3 is 0 Å². The molecular formula is C13H17N5O2. The average Bonchev–Trinajstić information content (AvgIpc) is 2.97. The molecule has 2 aromatic rings. The van der Waals surface area contributed by atoms with E-state index < -0.39 is 0 Å². The molecule has 1 aliphatic heterocycles. The van der Waals surface area contributed by atoms with Gasteiger partial charge in [0, 0.05) is 25.5 Å². The minimum Gasteiger partial charge on any atom is -0.397 e. The molecule has 1 aliphatic rings. The van der Waals surface area contributed by atoms with E-state index in [0.717, 1.165) is 19.6 Å². The summed E-state index contributed by atoms with van der Waals surface area (Å²) in [5.74, 6) is 0.984. The number of rotatable bonds is 3. The van der Waals surface area contributed by atoms with Gasteiger partial charge in [-0.05, 0) is 12.6 Å². The largest absolute Gasteiger partial charge is 0.397 e. The summed E-state index contributed by atoms with van der Waals surface area (Å²) in [5.41, 5.74) is 6.98. The van der Waals surface area contributed by atoms with Crippen LogP contribution in [0.15, 0.2) is 23.0 Å². The topological polar surface area (TPSA) is 90.3 Å². The van der Waals surface area contributed by atoms with Gasteiger partial charge in [-0.1, -0.05) is 12.1 Å². The van der Waals surface area contributed by atoms with Crippen LogP contribution in [0.3, 0.4) is 0 Å². The van der Waals surface area contributed by atoms with Crippen LogP contribution in [0.25, 0.3) is 11.5 Å². The van der Waals surface area contributed by atoms with E-state index in [1.165, 1.54) is 0 Å². The average molecular weight is 275 g/mol. The van der Waals surface area contributed by atoms with Gasteiger partial charge in [0.25, 0.3) is 5.89 Å². The molecule has 1 atom stereocenters. The van der Waals surface area contributed by atoms with Gasteiger partial charge in [-0.15, -0.1) is 0 Å². The lowest BCUT2D eigenvalue weighted by molar-refractivity contribution is -0.0334. The zero-order valence-electron chi connectivity index (χ0n) is 11.3. The van der Waals surface area contributed by atoms with Crippen molar-refractivity contribution < 1.29 is 9.26 Å². The summed E-state index contributed by atoms with van der Waals surface area (Å²) in [7, 11) is 0. The second-order valence-corrected chi connectivity index (χ2v) is 4.72. The summed E-state index contributed by atoms with van der Waals surface area (Å²) in [4.78, 5) is 10.7. The molecule has 3 rings (SSSR count). The molecule has 3 heterocycles. The summed E-state index contributed by atoms with van der Waals surface area (Å²) < 4.78 is 11.0. The highest BCUT2D eigenvalue weighted by atomic mass is 16.5. The van der Waals surface area contributed by atoms with Crippen molar-refractivity contribution in [3.05, 3.63) is 24.3 Å². The first-order valence-electron chi connectivity index (χ1n) is 6.64. The van der Waals surface area contributed by atoms with Gasteiger partial charge in [-0.2, -0.15) is 4.98 Å². The Labute approximate surface area is 116 Å². The van der Waals surface area contributed by atoms with E-state index in [4.69, 9.17) is 15.0 Å². The molecule has 106 valence electrons. The number of anilines is 1. The number of ether oxygens (including phenoxy) is 1. The summed E-state index contributed by atoms with van der Waals surface area (Å²) in [6.45, 7) is 5.52. The van der Waals surface area contributed by atoms with Crippen LogP contribution in [0.1, 0.15) is 18.9 Å². The number of nitrogens with two attached hydrogens (primary N) is 1. The smallest absolute Gasteiger partial charge is 0.259 e.